The first-order chi connectivity index (χ1) is 20.0. The number of amides is 1. The van der Waals surface area contributed by atoms with Crippen LogP contribution in [0.1, 0.15) is 24.0 Å². The van der Waals surface area contributed by atoms with Gasteiger partial charge in [0.1, 0.15) is 5.75 Å². The third-order valence-corrected chi connectivity index (χ3v) is 8.92. The summed E-state index contributed by atoms with van der Waals surface area (Å²) in [5.41, 5.74) is 5.48. The molecular formula is C33H31N3O4S. The van der Waals surface area contributed by atoms with Crippen LogP contribution in [0.3, 0.4) is 0 Å². The molecule has 1 fully saturated rings. The lowest BCUT2D eigenvalue weighted by Gasteiger charge is -2.39. The maximum Gasteiger partial charge on any atom is 0.312 e. The van der Waals surface area contributed by atoms with E-state index in [1.54, 1.807) is 23.7 Å². The minimum absolute atomic E-state index is 0.0462. The number of likely N-dealkylation sites (tertiary alicyclic amines) is 1. The Morgan fingerprint density at radius 3 is 2.54 bits per heavy atom. The van der Waals surface area contributed by atoms with E-state index < -0.39 is 5.41 Å². The predicted molar refractivity (Wildman–Crippen MR) is 161 cm³/mol. The summed E-state index contributed by atoms with van der Waals surface area (Å²) in [6.45, 7) is 1.06. The van der Waals surface area contributed by atoms with E-state index in [1.807, 2.05) is 70.9 Å². The molecule has 41 heavy (non-hydrogen) atoms. The minimum Gasteiger partial charge on any atom is -0.507 e. The first kappa shape index (κ1) is 26.8. The van der Waals surface area contributed by atoms with Gasteiger partial charge in [-0.1, -0.05) is 36.4 Å². The number of nitrogens with one attached hydrogen (secondary N) is 1. The molecule has 1 amide bonds. The standard InChI is InChI=1S/C33H31N3O4S/c1-40-32(39)33(19-23-10-16-41-21-23)11-14-36(15-12-33)30(37)17-22-5-7-24(8-6-22)26-3-2-4-27(31(26)38)28-18-25-9-13-34-20-29(25)35-28/h2-10,13,16,18,20-21,35,38H,11-12,14-15,17,19H2,1H3. The number of ether oxygens (including phenoxy) is 1. The molecule has 0 unspecified atom stereocenters. The molecule has 3 aromatic heterocycles. The predicted octanol–water partition coefficient (Wildman–Crippen LogP) is 6.23. The van der Waals surface area contributed by atoms with Crippen molar-refractivity contribution in [1.29, 1.82) is 0 Å². The zero-order valence-electron chi connectivity index (χ0n) is 22.8. The maximum absolute atomic E-state index is 13.2. The number of aromatic amines is 1. The molecular weight excluding hydrogens is 534 g/mol. The van der Waals surface area contributed by atoms with Crippen molar-refractivity contribution in [2.24, 2.45) is 5.41 Å². The van der Waals surface area contributed by atoms with Crippen LogP contribution in [0.15, 0.2) is 83.8 Å². The molecule has 0 saturated carbocycles. The monoisotopic (exact) mass is 565 g/mol. The average molecular weight is 566 g/mol. The number of rotatable bonds is 7. The van der Waals surface area contributed by atoms with Crippen LogP contribution in [0.2, 0.25) is 0 Å². The Hall–Kier alpha value is -4.43. The van der Waals surface area contributed by atoms with Gasteiger partial charge in [-0.05, 0) is 71.0 Å². The number of phenolic OH excluding ortho intramolecular Hbond substituents is 1. The highest BCUT2D eigenvalue weighted by Gasteiger charge is 2.43. The summed E-state index contributed by atoms with van der Waals surface area (Å²) in [7, 11) is 1.44. The number of hydrogen-bond donors (Lipinski definition) is 2. The van der Waals surface area contributed by atoms with Gasteiger partial charge in [-0.25, -0.2) is 0 Å². The summed E-state index contributed by atoms with van der Waals surface area (Å²) in [5, 5.41) is 16.3. The van der Waals surface area contributed by atoms with Gasteiger partial charge in [-0.15, -0.1) is 0 Å². The highest BCUT2D eigenvalue weighted by atomic mass is 32.1. The Morgan fingerprint density at radius 1 is 1.05 bits per heavy atom. The van der Waals surface area contributed by atoms with Gasteiger partial charge in [0.05, 0.1) is 36.4 Å². The molecule has 8 heteroatoms. The molecule has 0 aliphatic carbocycles. The molecule has 7 nitrogen and oxygen atoms in total. The Balaban J connectivity index is 1.13. The van der Waals surface area contributed by atoms with Crippen LogP contribution < -0.4 is 0 Å². The Morgan fingerprint density at radius 2 is 1.83 bits per heavy atom. The number of H-pyrrole nitrogens is 1. The maximum atomic E-state index is 13.2. The number of benzene rings is 2. The van der Waals surface area contributed by atoms with E-state index in [0.717, 1.165) is 38.9 Å². The number of phenols is 1. The number of fused-ring (bicyclic) bond motifs is 1. The summed E-state index contributed by atoms with van der Waals surface area (Å²) in [4.78, 5) is 35.3. The molecule has 1 saturated heterocycles. The number of carbonyl (C=O) groups excluding carboxylic acids is 2. The van der Waals surface area contributed by atoms with Crippen molar-refractivity contribution in [3.05, 3.63) is 94.9 Å². The lowest BCUT2D eigenvalue weighted by Crippen LogP contribution is -2.48. The number of nitrogens with zero attached hydrogens (tertiary/aromatic N) is 2. The number of hydrogen-bond acceptors (Lipinski definition) is 6. The van der Waals surface area contributed by atoms with Crippen LogP contribution >= 0.6 is 11.3 Å². The number of aromatic nitrogens is 2. The van der Waals surface area contributed by atoms with Gasteiger partial charge in [0.2, 0.25) is 5.91 Å². The number of methoxy groups -OCH3 is 1. The smallest absolute Gasteiger partial charge is 0.312 e. The second-order valence-electron chi connectivity index (χ2n) is 10.7. The van der Waals surface area contributed by atoms with Gasteiger partial charge in [-0.3, -0.25) is 14.6 Å². The third-order valence-electron chi connectivity index (χ3n) is 8.18. The van der Waals surface area contributed by atoms with Crippen molar-refractivity contribution in [2.45, 2.75) is 25.7 Å². The van der Waals surface area contributed by atoms with Crippen molar-refractivity contribution in [3.63, 3.8) is 0 Å². The Labute approximate surface area is 242 Å². The largest absolute Gasteiger partial charge is 0.507 e. The van der Waals surface area contributed by atoms with E-state index in [4.69, 9.17) is 4.74 Å². The summed E-state index contributed by atoms with van der Waals surface area (Å²) in [5.74, 6) is 0.0471. The van der Waals surface area contributed by atoms with Gasteiger partial charge in [0.15, 0.2) is 0 Å². The topological polar surface area (TPSA) is 95.5 Å². The second kappa shape index (κ2) is 11.2. The SMILES string of the molecule is COC(=O)C1(Cc2ccsc2)CCN(C(=O)Cc2ccc(-c3cccc(-c4cc5ccncc5[nH]4)c3O)cc2)CC1. The Kier molecular flexibility index (Phi) is 7.32. The molecule has 4 heterocycles. The number of aromatic hydroxyl groups is 1. The van der Waals surface area contributed by atoms with Crippen LogP contribution in [0.4, 0.5) is 0 Å². The van der Waals surface area contributed by atoms with Crippen molar-refractivity contribution in [3.8, 4) is 28.1 Å². The average Bonchev–Trinajstić information content (AvgIpc) is 3.67. The Bertz CT molecular complexity index is 1650. The molecule has 6 rings (SSSR count). The molecule has 1 aliphatic heterocycles. The van der Waals surface area contributed by atoms with E-state index in [2.05, 4.69) is 15.3 Å². The van der Waals surface area contributed by atoms with Crippen LogP contribution in [0, 0.1) is 5.41 Å². The van der Waals surface area contributed by atoms with E-state index in [-0.39, 0.29) is 24.0 Å². The van der Waals surface area contributed by atoms with Gasteiger partial charge in [-0.2, -0.15) is 11.3 Å². The number of esters is 1. The van der Waals surface area contributed by atoms with Crippen LogP contribution in [-0.2, 0) is 27.2 Å². The minimum atomic E-state index is -0.589. The summed E-state index contributed by atoms with van der Waals surface area (Å²) >= 11 is 1.62. The quantitative estimate of drug-likeness (QED) is 0.228. The first-order valence-electron chi connectivity index (χ1n) is 13.7. The first-order valence-corrected chi connectivity index (χ1v) is 14.6. The van der Waals surface area contributed by atoms with Gasteiger partial charge < -0.3 is 19.7 Å². The van der Waals surface area contributed by atoms with Gasteiger partial charge in [0.25, 0.3) is 0 Å². The number of para-hydroxylation sites is 1. The van der Waals surface area contributed by atoms with E-state index in [0.29, 0.717) is 37.9 Å². The van der Waals surface area contributed by atoms with E-state index >= 15 is 0 Å². The molecule has 1 aliphatic rings. The van der Waals surface area contributed by atoms with Crippen molar-refractivity contribution in [2.75, 3.05) is 20.2 Å². The summed E-state index contributed by atoms with van der Waals surface area (Å²) in [6, 6.07) is 19.4. The molecule has 2 N–H and O–H groups in total. The fourth-order valence-electron chi connectivity index (χ4n) is 5.84. The fourth-order valence-corrected chi connectivity index (χ4v) is 6.51. The number of carbonyl (C=O) groups is 2. The van der Waals surface area contributed by atoms with Crippen LogP contribution in [0.25, 0.3) is 33.3 Å². The highest BCUT2D eigenvalue weighted by Crippen LogP contribution is 2.39. The molecule has 0 atom stereocenters. The number of piperidine rings is 1. The van der Waals surface area contributed by atoms with Crippen LogP contribution in [-0.4, -0.2) is 52.1 Å². The number of thiophene rings is 1. The fraction of sp³-hybridized carbons (Fsp3) is 0.242. The van der Waals surface area contributed by atoms with Gasteiger partial charge >= 0.3 is 5.97 Å². The second-order valence-corrected chi connectivity index (χ2v) is 11.5. The molecule has 0 spiro atoms. The summed E-state index contributed by atoms with van der Waals surface area (Å²) < 4.78 is 5.17. The van der Waals surface area contributed by atoms with Crippen molar-refractivity contribution in [1.82, 2.24) is 14.9 Å². The third kappa shape index (κ3) is 5.35. The van der Waals surface area contributed by atoms with Crippen LogP contribution in [0.5, 0.6) is 5.75 Å². The number of pyridine rings is 1. The van der Waals surface area contributed by atoms with Gasteiger partial charge in [0, 0.05) is 35.8 Å². The highest BCUT2D eigenvalue weighted by molar-refractivity contribution is 7.07. The van der Waals surface area contributed by atoms with Crippen molar-refractivity contribution < 1.29 is 19.4 Å². The lowest BCUT2D eigenvalue weighted by atomic mass is 9.74. The van der Waals surface area contributed by atoms with E-state index in [9.17, 15) is 14.7 Å². The molecule has 208 valence electrons. The van der Waals surface area contributed by atoms with Crippen molar-refractivity contribution >= 4 is 34.1 Å². The zero-order chi connectivity index (χ0) is 28.4. The molecule has 0 bridgehead atoms. The molecule has 2 aromatic carbocycles. The molecule has 5 aromatic rings. The summed E-state index contributed by atoms with van der Waals surface area (Å²) in [6.07, 6.45) is 5.61. The normalized spacial score (nSPS) is 14.7. The zero-order valence-corrected chi connectivity index (χ0v) is 23.6. The molecule has 0 radical (unpaired) electrons. The lowest BCUT2D eigenvalue weighted by molar-refractivity contribution is -0.157. The van der Waals surface area contributed by atoms with E-state index in [1.165, 1.54) is 7.11 Å².